The molecule has 0 spiro atoms. The molecule has 1 aliphatic carbocycles. The van der Waals surface area contributed by atoms with Gasteiger partial charge in [-0.2, -0.15) is 0 Å². The molecule has 1 aromatic carbocycles. The largest absolute Gasteiger partial charge is 0.300 e. The van der Waals surface area contributed by atoms with Crippen molar-refractivity contribution in [1.29, 1.82) is 0 Å². The van der Waals surface area contributed by atoms with E-state index < -0.39 is 0 Å². The van der Waals surface area contributed by atoms with Crippen molar-refractivity contribution >= 4 is 11.6 Å². The van der Waals surface area contributed by atoms with E-state index in [4.69, 9.17) is 11.6 Å². The lowest BCUT2D eigenvalue weighted by Crippen LogP contribution is -2.55. The third-order valence-corrected chi connectivity index (χ3v) is 5.50. The molecule has 1 aromatic rings. The van der Waals surface area contributed by atoms with Crippen molar-refractivity contribution in [3.05, 3.63) is 34.9 Å². The van der Waals surface area contributed by atoms with Crippen LogP contribution in [0.15, 0.2) is 24.3 Å². The second-order valence-corrected chi connectivity index (χ2v) is 7.32. The minimum atomic E-state index is 0.348. The molecule has 1 nitrogen and oxygen atoms in total. The van der Waals surface area contributed by atoms with E-state index in [1.807, 2.05) is 0 Å². The van der Waals surface area contributed by atoms with Gasteiger partial charge in [-0.3, -0.25) is 0 Å². The fraction of sp³-hybridized carbons (Fsp3) is 0.684. The van der Waals surface area contributed by atoms with Crippen molar-refractivity contribution in [1.82, 2.24) is 4.90 Å². The topological polar surface area (TPSA) is 3.24 Å². The second-order valence-electron chi connectivity index (χ2n) is 6.88. The van der Waals surface area contributed by atoms with Crippen LogP contribution in [0.4, 0.5) is 0 Å². The number of hydrogen-bond donors (Lipinski definition) is 0. The first-order valence-electron chi connectivity index (χ1n) is 8.53. The van der Waals surface area contributed by atoms with Crippen molar-refractivity contribution in [2.45, 2.75) is 64.8 Å². The van der Waals surface area contributed by atoms with Crippen LogP contribution in [0.25, 0.3) is 0 Å². The van der Waals surface area contributed by atoms with Crippen LogP contribution in [0, 0.1) is 5.92 Å². The first-order chi connectivity index (χ1) is 10.0. The van der Waals surface area contributed by atoms with E-state index >= 15 is 0 Å². The van der Waals surface area contributed by atoms with E-state index in [9.17, 15) is 0 Å². The van der Waals surface area contributed by atoms with Crippen LogP contribution >= 0.6 is 11.6 Å². The number of benzene rings is 1. The smallest absolute Gasteiger partial charge is 0.0406 e. The van der Waals surface area contributed by atoms with Gasteiger partial charge < -0.3 is 4.90 Å². The molecule has 2 heteroatoms. The molecule has 0 N–H and O–H groups in total. The van der Waals surface area contributed by atoms with Crippen LogP contribution in [0.1, 0.15) is 58.9 Å². The molecule has 0 amide bonds. The fourth-order valence-electron chi connectivity index (χ4n) is 3.99. The van der Waals surface area contributed by atoms with Crippen molar-refractivity contribution in [3.8, 4) is 0 Å². The number of halogens is 1. The molecule has 0 aromatic heterocycles. The summed E-state index contributed by atoms with van der Waals surface area (Å²) in [4.78, 5) is 2.67. The normalized spacial score (nSPS) is 18.8. The van der Waals surface area contributed by atoms with Crippen molar-refractivity contribution < 1.29 is 0 Å². The first kappa shape index (κ1) is 16.8. The third kappa shape index (κ3) is 3.46. The van der Waals surface area contributed by atoms with Gasteiger partial charge in [0.25, 0.3) is 0 Å². The summed E-state index contributed by atoms with van der Waals surface area (Å²) in [6.45, 7) is 11.6. The van der Waals surface area contributed by atoms with Gasteiger partial charge in [-0.1, -0.05) is 57.8 Å². The van der Waals surface area contributed by atoms with Gasteiger partial charge in [0.1, 0.15) is 0 Å². The van der Waals surface area contributed by atoms with Crippen LogP contribution in [0.5, 0.6) is 0 Å². The lowest BCUT2D eigenvalue weighted by atomic mass is 9.58. The summed E-state index contributed by atoms with van der Waals surface area (Å²) in [6.07, 6.45) is 5.29. The maximum Gasteiger partial charge on any atom is 0.0406 e. The molecule has 0 bridgehead atoms. The highest BCUT2D eigenvalue weighted by Crippen LogP contribution is 2.49. The Morgan fingerprint density at radius 2 is 1.67 bits per heavy atom. The Bertz CT molecular complexity index is 429. The lowest BCUT2D eigenvalue weighted by Gasteiger charge is -2.53. The zero-order valence-corrected chi connectivity index (χ0v) is 14.8. The summed E-state index contributed by atoms with van der Waals surface area (Å²) >= 11 is 6.09. The number of rotatable bonds is 7. The average Bonchev–Trinajstić information content (AvgIpc) is 2.40. The predicted molar refractivity (Wildman–Crippen MR) is 93.1 cm³/mol. The minimum absolute atomic E-state index is 0.348. The molecule has 1 fully saturated rings. The Morgan fingerprint density at radius 1 is 1.10 bits per heavy atom. The molecular weight excluding hydrogens is 278 g/mol. The Labute approximate surface area is 135 Å². The molecule has 0 radical (unpaired) electrons. The van der Waals surface area contributed by atoms with Gasteiger partial charge in [0, 0.05) is 16.5 Å². The number of nitrogens with zero attached hydrogens (tertiary/aromatic N) is 1. The summed E-state index contributed by atoms with van der Waals surface area (Å²) in [7, 11) is 0. The molecule has 2 rings (SSSR count). The lowest BCUT2D eigenvalue weighted by molar-refractivity contribution is 0.0539. The summed E-state index contributed by atoms with van der Waals surface area (Å²) in [6, 6.07) is 9.30. The second kappa shape index (κ2) is 7.15. The van der Waals surface area contributed by atoms with Crippen LogP contribution in [-0.4, -0.2) is 24.0 Å². The third-order valence-electron chi connectivity index (χ3n) is 5.25. The summed E-state index contributed by atoms with van der Waals surface area (Å²) in [5.41, 5.74) is 1.84. The molecule has 0 heterocycles. The van der Waals surface area contributed by atoms with Crippen LogP contribution in [0.2, 0.25) is 5.02 Å². The maximum absolute atomic E-state index is 6.09. The fourth-order valence-corrected chi connectivity index (χ4v) is 4.11. The molecule has 0 aliphatic heterocycles. The van der Waals surface area contributed by atoms with E-state index in [2.05, 4.69) is 56.9 Å². The summed E-state index contributed by atoms with van der Waals surface area (Å²) in [5.74, 6) is 0.736. The Balaban J connectivity index is 2.35. The SMILES string of the molecule is CCN(CC)C(CC(C)C)C1(c2ccc(Cl)cc2)CCC1. The van der Waals surface area contributed by atoms with E-state index in [1.165, 1.54) is 31.2 Å². The quantitative estimate of drug-likeness (QED) is 0.641. The van der Waals surface area contributed by atoms with Crippen LogP contribution in [-0.2, 0) is 5.41 Å². The Morgan fingerprint density at radius 3 is 2.05 bits per heavy atom. The molecule has 1 aliphatic rings. The highest BCUT2D eigenvalue weighted by molar-refractivity contribution is 6.30. The van der Waals surface area contributed by atoms with Gasteiger partial charge in [0.05, 0.1) is 0 Å². The zero-order chi connectivity index (χ0) is 15.5. The van der Waals surface area contributed by atoms with Crippen LogP contribution < -0.4 is 0 Å². The van der Waals surface area contributed by atoms with Gasteiger partial charge in [-0.25, -0.2) is 0 Å². The van der Waals surface area contributed by atoms with Gasteiger partial charge in [-0.05, 0) is 56.0 Å². The average molecular weight is 308 g/mol. The van der Waals surface area contributed by atoms with Crippen molar-refractivity contribution in [3.63, 3.8) is 0 Å². The summed E-state index contributed by atoms with van der Waals surface area (Å²) < 4.78 is 0. The highest BCUT2D eigenvalue weighted by Gasteiger charge is 2.47. The van der Waals surface area contributed by atoms with Crippen LogP contribution in [0.3, 0.4) is 0 Å². The van der Waals surface area contributed by atoms with E-state index in [1.54, 1.807) is 0 Å². The maximum atomic E-state index is 6.09. The minimum Gasteiger partial charge on any atom is -0.300 e. The molecule has 118 valence electrons. The predicted octanol–water partition coefficient (Wildman–Crippen LogP) is 5.52. The van der Waals surface area contributed by atoms with Gasteiger partial charge in [-0.15, -0.1) is 0 Å². The molecular formula is C19H30ClN. The molecule has 21 heavy (non-hydrogen) atoms. The zero-order valence-electron chi connectivity index (χ0n) is 14.0. The van der Waals surface area contributed by atoms with Gasteiger partial charge in [0.15, 0.2) is 0 Å². The molecule has 1 atom stereocenters. The van der Waals surface area contributed by atoms with Crippen molar-refractivity contribution in [2.75, 3.05) is 13.1 Å². The van der Waals surface area contributed by atoms with E-state index in [0.29, 0.717) is 11.5 Å². The van der Waals surface area contributed by atoms with Gasteiger partial charge >= 0.3 is 0 Å². The molecule has 1 unspecified atom stereocenters. The summed E-state index contributed by atoms with van der Waals surface area (Å²) in [5, 5.41) is 0.844. The Kier molecular flexibility index (Phi) is 5.73. The molecule has 0 saturated heterocycles. The van der Waals surface area contributed by atoms with E-state index in [0.717, 1.165) is 24.0 Å². The molecule has 1 saturated carbocycles. The standard InChI is InChI=1S/C19H30ClN/c1-5-21(6-2)18(14-15(3)4)19(12-7-13-19)16-8-10-17(20)11-9-16/h8-11,15,18H,5-7,12-14H2,1-4H3. The van der Waals surface area contributed by atoms with E-state index in [-0.39, 0.29) is 0 Å². The van der Waals surface area contributed by atoms with Gasteiger partial charge in [0.2, 0.25) is 0 Å². The Hall–Kier alpha value is -0.530. The highest BCUT2D eigenvalue weighted by atomic mass is 35.5. The van der Waals surface area contributed by atoms with Crippen molar-refractivity contribution in [2.24, 2.45) is 5.92 Å². The first-order valence-corrected chi connectivity index (χ1v) is 8.91. The number of likely N-dealkylation sites (N-methyl/N-ethyl adjacent to an activating group) is 1. The number of hydrogen-bond acceptors (Lipinski definition) is 1. The monoisotopic (exact) mass is 307 g/mol.